The molecule has 3 rings (SSSR count). The second-order valence-corrected chi connectivity index (χ2v) is 7.44. The summed E-state index contributed by atoms with van der Waals surface area (Å²) in [7, 11) is 0. The topological polar surface area (TPSA) is 49.8 Å². The lowest BCUT2D eigenvalue weighted by atomic mass is 9.74. The third-order valence-corrected chi connectivity index (χ3v) is 5.66. The fourth-order valence-corrected chi connectivity index (χ4v) is 4.11. The van der Waals surface area contributed by atoms with Crippen molar-refractivity contribution >= 4 is 5.91 Å². The Morgan fingerprint density at radius 3 is 2.67 bits per heavy atom. The number of ether oxygens (including phenoxy) is 1. The highest BCUT2D eigenvalue weighted by Crippen LogP contribution is 2.51. The summed E-state index contributed by atoms with van der Waals surface area (Å²) < 4.78 is 6.34. The number of fused-ring (bicyclic) bond motifs is 1. The number of carbonyl (C=O) groups is 1. The molecule has 4 heteroatoms. The number of hydrogen-bond donors (Lipinski definition) is 1. The lowest BCUT2D eigenvalue weighted by molar-refractivity contribution is -0.176. The number of benzene rings is 1. The van der Waals surface area contributed by atoms with E-state index < -0.39 is 11.1 Å². The van der Waals surface area contributed by atoms with Crippen molar-refractivity contribution in [3.63, 3.8) is 0 Å². The van der Waals surface area contributed by atoms with Gasteiger partial charge in [0.2, 0.25) is 5.91 Å². The van der Waals surface area contributed by atoms with Gasteiger partial charge in [-0.3, -0.25) is 4.79 Å². The number of nitrogens with zero attached hydrogens (tertiary/aromatic N) is 1. The van der Waals surface area contributed by atoms with Gasteiger partial charge in [-0.15, -0.1) is 6.58 Å². The minimum atomic E-state index is -0.640. The van der Waals surface area contributed by atoms with Crippen molar-refractivity contribution < 1.29 is 14.6 Å². The van der Waals surface area contributed by atoms with E-state index in [0.29, 0.717) is 0 Å². The highest BCUT2D eigenvalue weighted by Gasteiger charge is 2.58. The van der Waals surface area contributed by atoms with E-state index in [1.165, 1.54) is 0 Å². The van der Waals surface area contributed by atoms with Crippen LogP contribution in [0.2, 0.25) is 0 Å². The van der Waals surface area contributed by atoms with Crippen molar-refractivity contribution in [3.8, 4) is 0 Å². The van der Waals surface area contributed by atoms with Gasteiger partial charge in [-0.2, -0.15) is 0 Å². The zero-order chi connectivity index (χ0) is 17.4. The zero-order valence-corrected chi connectivity index (χ0v) is 14.6. The minimum absolute atomic E-state index is 0.0931. The smallest absolute Gasteiger partial charge is 0.231 e. The van der Waals surface area contributed by atoms with Crippen LogP contribution in [0.5, 0.6) is 0 Å². The first kappa shape index (κ1) is 17.2. The van der Waals surface area contributed by atoms with E-state index >= 15 is 0 Å². The van der Waals surface area contributed by atoms with Crippen LogP contribution < -0.4 is 0 Å². The van der Waals surface area contributed by atoms with Crippen molar-refractivity contribution in [2.24, 2.45) is 5.41 Å². The lowest BCUT2D eigenvalue weighted by Gasteiger charge is -2.47. The van der Waals surface area contributed by atoms with Gasteiger partial charge >= 0.3 is 0 Å². The van der Waals surface area contributed by atoms with E-state index in [-0.39, 0.29) is 24.7 Å². The maximum absolute atomic E-state index is 13.3. The predicted molar refractivity (Wildman–Crippen MR) is 93.2 cm³/mol. The first-order chi connectivity index (χ1) is 11.4. The van der Waals surface area contributed by atoms with Crippen LogP contribution in [0.1, 0.15) is 51.2 Å². The monoisotopic (exact) mass is 329 g/mol. The maximum Gasteiger partial charge on any atom is 0.231 e. The van der Waals surface area contributed by atoms with Crippen molar-refractivity contribution in [1.29, 1.82) is 0 Å². The molecule has 2 aliphatic heterocycles. The Balaban J connectivity index is 1.93. The Morgan fingerprint density at radius 1 is 1.33 bits per heavy atom. The highest BCUT2D eigenvalue weighted by molar-refractivity contribution is 5.84. The fraction of sp³-hybridized carbons (Fsp3) is 0.550. The molecule has 1 amide bonds. The van der Waals surface area contributed by atoms with E-state index in [9.17, 15) is 9.90 Å². The molecule has 0 saturated carbocycles. The predicted octanol–water partition coefficient (Wildman–Crippen LogP) is 3.43. The molecule has 2 fully saturated rings. The summed E-state index contributed by atoms with van der Waals surface area (Å²) in [6, 6.07) is 9.53. The van der Waals surface area contributed by atoms with Crippen LogP contribution in [0, 0.1) is 5.41 Å². The molecule has 4 nitrogen and oxygen atoms in total. The van der Waals surface area contributed by atoms with E-state index in [4.69, 9.17) is 4.74 Å². The largest absolute Gasteiger partial charge is 0.394 e. The van der Waals surface area contributed by atoms with Gasteiger partial charge in [0.25, 0.3) is 0 Å². The second-order valence-electron chi connectivity index (χ2n) is 7.44. The molecule has 0 radical (unpaired) electrons. The number of allylic oxidation sites excluding steroid dienone is 1. The Morgan fingerprint density at radius 2 is 2.04 bits per heavy atom. The van der Waals surface area contributed by atoms with Gasteiger partial charge in [-0.25, -0.2) is 0 Å². The number of amides is 1. The SMILES string of the molecule is C=CCC[C@]1(C)CC[C@@]2(C)O[C@@H](c3ccccc3)[C@H](CO)N2C1=O. The van der Waals surface area contributed by atoms with Gasteiger partial charge in [0.1, 0.15) is 11.8 Å². The van der Waals surface area contributed by atoms with Crippen LogP contribution >= 0.6 is 0 Å². The first-order valence-corrected chi connectivity index (χ1v) is 8.73. The molecular formula is C20H27NO3. The average molecular weight is 329 g/mol. The van der Waals surface area contributed by atoms with Crippen LogP contribution in [0.25, 0.3) is 0 Å². The number of piperidine rings is 1. The summed E-state index contributed by atoms with van der Waals surface area (Å²) in [5, 5.41) is 10.0. The molecular weight excluding hydrogens is 302 g/mol. The number of aliphatic hydroxyl groups excluding tert-OH is 1. The van der Waals surface area contributed by atoms with Gasteiger partial charge in [-0.1, -0.05) is 43.3 Å². The van der Waals surface area contributed by atoms with Gasteiger partial charge in [0, 0.05) is 5.41 Å². The molecule has 0 aliphatic carbocycles. The zero-order valence-electron chi connectivity index (χ0n) is 14.6. The number of aliphatic hydroxyl groups is 1. The molecule has 2 aliphatic rings. The summed E-state index contributed by atoms with van der Waals surface area (Å²) in [5.74, 6) is 0.0931. The van der Waals surface area contributed by atoms with Crippen LogP contribution in [0.4, 0.5) is 0 Å². The molecule has 4 atom stereocenters. The quantitative estimate of drug-likeness (QED) is 0.842. The third kappa shape index (κ3) is 2.68. The maximum atomic E-state index is 13.3. The highest BCUT2D eigenvalue weighted by atomic mass is 16.5. The van der Waals surface area contributed by atoms with Crippen molar-refractivity contribution in [2.45, 2.75) is 57.4 Å². The Bertz CT molecular complexity index is 617. The number of carbonyl (C=O) groups excluding carboxylic acids is 1. The lowest BCUT2D eigenvalue weighted by Crippen LogP contribution is -2.59. The minimum Gasteiger partial charge on any atom is -0.394 e. The molecule has 0 spiro atoms. The molecule has 2 saturated heterocycles. The normalized spacial score (nSPS) is 35.8. The average Bonchev–Trinajstić information content (AvgIpc) is 2.91. The number of hydrogen-bond acceptors (Lipinski definition) is 3. The van der Waals surface area contributed by atoms with E-state index in [1.807, 2.05) is 55.2 Å². The summed E-state index contributed by atoms with van der Waals surface area (Å²) in [6.07, 6.45) is 4.77. The van der Waals surface area contributed by atoms with Crippen molar-refractivity contribution in [2.75, 3.05) is 6.61 Å². The standard InChI is InChI=1S/C20H27NO3/c1-4-5-11-19(2)12-13-20(3)21(18(19)23)16(14-22)17(24-20)15-9-7-6-8-10-15/h4,6-10,16-17,22H,1,5,11-14H2,2-3H3/t16-,17-,19+,20+/m0/s1. The molecule has 24 heavy (non-hydrogen) atoms. The molecule has 0 bridgehead atoms. The molecule has 2 heterocycles. The summed E-state index contributed by atoms with van der Waals surface area (Å²) >= 11 is 0. The summed E-state index contributed by atoms with van der Waals surface area (Å²) in [5.41, 5.74) is -0.0397. The van der Waals surface area contributed by atoms with E-state index in [1.54, 1.807) is 0 Å². The van der Waals surface area contributed by atoms with E-state index in [2.05, 4.69) is 6.58 Å². The van der Waals surface area contributed by atoms with Crippen LogP contribution in [0.3, 0.4) is 0 Å². The second kappa shape index (κ2) is 6.34. The Kier molecular flexibility index (Phi) is 4.54. The first-order valence-electron chi connectivity index (χ1n) is 8.73. The Labute approximate surface area is 144 Å². The molecule has 1 aromatic carbocycles. The fourth-order valence-electron chi connectivity index (χ4n) is 4.11. The van der Waals surface area contributed by atoms with E-state index in [0.717, 1.165) is 31.2 Å². The molecule has 1 N–H and O–H groups in total. The summed E-state index contributed by atoms with van der Waals surface area (Å²) in [6.45, 7) is 7.68. The molecule has 0 aromatic heterocycles. The van der Waals surface area contributed by atoms with Crippen LogP contribution in [0.15, 0.2) is 43.0 Å². The van der Waals surface area contributed by atoms with Gasteiger partial charge in [0.05, 0.1) is 12.6 Å². The van der Waals surface area contributed by atoms with Crippen molar-refractivity contribution in [3.05, 3.63) is 48.6 Å². The van der Waals surface area contributed by atoms with Crippen LogP contribution in [-0.4, -0.2) is 34.3 Å². The molecule has 130 valence electrons. The van der Waals surface area contributed by atoms with Gasteiger partial charge in [-0.05, 0) is 38.2 Å². The van der Waals surface area contributed by atoms with Crippen LogP contribution in [-0.2, 0) is 9.53 Å². The molecule has 0 unspecified atom stereocenters. The van der Waals surface area contributed by atoms with Gasteiger partial charge in [0.15, 0.2) is 0 Å². The Hall–Kier alpha value is -1.65. The van der Waals surface area contributed by atoms with Gasteiger partial charge < -0.3 is 14.7 Å². The molecule has 1 aromatic rings. The third-order valence-electron chi connectivity index (χ3n) is 5.66. The number of rotatable bonds is 5. The summed E-state index contributed by atoms with van der Waals surface area (Å²) in [4.78, 5) is 15.1. The van der Waals surface area contributed by atoms with Crippen molar-refractivity contribution in [1.82, 2.24) is 4.90 Å².